The van der Waals surface area contributed by atoms with Gasteiger partial charge >= 0.3 is 0 Å². The van der Waals surface area contributed by atoms with Crippen LogP contribution in [0.25, 0.3) is 0 Å². The van der Waals surface area contributed by atoms with E-state index in [0.29, 0.717) is 0 Å². The number of rotatable bonds is 4. The van der Waals surface area contributed by atoms with Gasteiger partial charge in [-0.1, -0.05) is 94.9 Å². The van der Waals surface area contributed by atoms with Crippen molar-refractivity contribution in [2.24, 2.45) is 0 Å². The van der Waals surface area contributed by atoms with Crippen LogP contribution < -0.4 is 0 Å². The van der Waals surface area contributed by atoms with Crippen LogP contribution in [0.1, 0.15) is 35.1 Å². The summed E-state index contributed by atoms with van der Waals surface area (Å²) in [7, 11) is 0. The fourth-order valence-corrected chi connectivity index (χ4v) is 5.96. The molecule has 0 unspecified atom stereocenters. The molecule has 0 spiro atoms. The van der Waals surface area contributed by atoms with Crippen molar-refractivity contribution in [2.45, 2.75) is 23.7 Å². The first kappa shape index (κ1) is 21.9. The van der Waals surface area contributed by atoms with Gasteiger partial charge in [0, 0.05) is 30.9 Å². The van der Waals surface area contributed by atoms with Gasteiger partial charge in [0.15, 0.2) is 0 Å². The summed E-state index contributed by atoms with van der Waals surface area (Å²) in [4.78, 5) is 0. The molecule has 0 atom stereocenters. The highest BCUT2D eigenvalue weighted by atomic mass is 35.5. The lowest BCUT2D eigenvalue weighted by atomic mass is 9.40. The summed E-state index contributed by atoms with van der Waals surface area (Å²) >= 11 is 25.1. The Morgan fingerprint density at radius 2 is 0.531 bits per heavy atom. The van der Waals surface area contributed by atoms with Crippen LogP contribution in [-0.2, 0) is 10.8 Å². The van der Waals surface area contributed by atoms with E-state index < -0.39 is 0 Å². The molecule has 1 saturated carbocycles. The van der Waals surface area contributed by atoms with Crippen LogP contribution in [0.2, 0.25) is 20.1 Å². The summed E-state index contributed by atoms with van der Waals surface area (Å²) in [5.74, 6) is 0. The van der Waals surface area contributed by atoms with Gasteiger partial charge in [-0.25, -0.2) is 0 Å². The lowest BCUT2D eigenvalue weighted by Gasteiger charge is -2.61. The van der Waals surface area contributed by atoms with Crippen molar-refractivity contribution in [3.63, 3.8) is 0 Å². The van der Waals surface area contributed by atoms with E-state index in [1.54, 1.807) is 0 Å². The standard InChI is InChI=1S/C28H20Cl4/c29-23-9-1-19(2-10-23)27(20-3-11-24(30)12-4-20)17-18-28(27,21-5-13-25(31)14-6-21)22-7-15-26(32)16-8-22/h1-16H,17-18H2. The van der Waals surface area contributed by atoms with Crippen molar-refractivity contribution in [1.29, 1.82) is 0 Å². The molecule has 4 aromatic carbocycles. The molecule has 1 aliphatic rings. The van der Waals surface area contributed by atoms with Gasteiger partial charge < -0.3 is 0 Å². The Labute approximate surface area is 208 Å². The highest BCUT2D eigenvalue weighted by Gasteiger charge is 2.62. The molecule has 4 aromatic rings. The van der Waals surface area contributed by atoms with Crippen LogP contribution in [0, 0.1) is 0 Å². The minimum Gasteiger partial charge on any atom is -0.0843 e. The third kappa shape index (κ3) is 3.37. The molecule has 0 N–H and O–H groups in total. The Balaban J connectivity index is 1.84. The molecular formula is C28H20Cl4. The van der Waals surface area contributed by atoms with Gasteiger partial charge in [-0.2, -0.15) is 0 Å². The summed E-state index contributed by atoms with van der Waals surface area (Å²) in [6, 6.07) is 33.0. The monoisotopic (exact) mass is 496 g/mol. The van der Waals surface area contributed by atoms with Gasteiger partial charge in [-0.3, -0.25) is 0 Å². The van der Waals surface area contributed by atoms with Gasteiger partial charge in [-0.15, -0.1) is 0 Å². The second kappa shape index (κ2) is 8.43. The zero-order valence-electron chi connectivity index (χ0n) is 17.2. The maximum absolute atomic E-state index is 6.28. The number of halogens is 4. The summed E-state index contributed by atoms with van der Waals surface area (Å²) in [6.07, 6.45) is 1.98. The van der Waals surface area contributed by atoms with Gasteiger partial charge in [0.25, 0.3) is 0 Å². The van der Waals surface area contributed by atoms with E-state index in [2.05, 4.69) is 48.5 Å². The first-order valence-corrected chi connectivity index (χ1v) is 12.0. The van der Waals surface area contributed by atoms with E-state index in [9.17, 15) is 0 Å². The van der Waals surface area contributed by atoms with E-state index in [0.717, 1.165) is 32.9 Å². The average Bonchev–Trinajstić information content (AvgIpc) is 2.79. The lowest BCUT2D eigenvalue weighted by molar-refractivity contribution is 0.151. The maximum atomic E-state index is 6.28. The summed E-state index contributed by atoms with van der Waals surface area (Å²) in [5.41, 5.74) is 4.29. The second-order valence-electron chi connectivity index (χ2n) is 8.34. The highest BCUT2D eigenvalue weighted by Crippen LogP contribution is 2.65. The van der Waals surface area contributed by atoms with Gasteiger partial charge in [-0.05, 0) is 83.6 Å². The molecule has 32 heavy (non-hydrogen) atoms. The molecule has 0 aromatic heterocycles. The molecule has 0 bridgehead atoms. The van der Waals surface area contributed by atoms with Crippen LogP contribution in [0.5, 0.6) is 0 Å². The van der Waals surface area contributed by atoms with Crippen LogP contribution >= 0.6 is 46.4 Å². The molecule has 0 radical (unpaired) electrons. The van der Waals surface area contributed by atoms with Crippen LogP contribution in [-0.4, -0.2) is 0 Å². The molecule has 0 amide bonds. The Morgan fingerprint density at radius 1 is 0.344 bits per heavy atom. The molecule has 1 aliphatic carbocycles. The fourth-order valence-electron chi connectivity index (χ4n) is 5.46. The zero-order chi connectivity index (χ0) is 22.3. The number of hydrogen-bond donors (Lipinski definition) is 0. The smallest absolute Gasteiger partial charge is 0.0406 e. The Kier molecular flexibility index (Phi) is 5.76. The van der Waals surface area contributed by atoms with Crippen molar-refractivity contribution in [3.8, 4) is 0 Å². The SMILES string of the molecule is Clc1ccc(C2(c3ccc(Cl)cc3)CCC2(c2ccc(Cl)cc2)c2ccc(Cl)cc2)cc1. The Morgan fingerprint density at radius 3 is 0.688 bits per heavy atom. The van der Waals surface area contributed by atoms with E-state index in [-0.39, 0.29) is 10.8 Å². The van der Waals surface area contributed by atoms with Crippen LogP contribution in [0.15, 0.2) is 97.1 Å². The minimum atomic E-state index is -0.302. The quantitative estimate of drug-likeness (QED) is 0.263. The third-order valence-electron chi connectivity index (χ3n) is 6.95. The minimum absolute atomic E-state index is 0.302. The Hall–Kier alpha value is -1.96. The summed E-state index contributed by atoms with van der Waals surface area (Å²) in [5, 5.41) is 2.90. The molecule has 160 valence electrons. The third-order valence-corrected chi connectivity index (χ3v) is 7.96. The fraction of sp³-hybridized carbons (Fsp3) is 0.143. The normalized spacial score (nSPS) is 16.4. The van der Waals surface area contributed by atoms with Crippen molar-refractivity contribution in [1.82, 2.24) is 0 Å². The van der Waals surface area contributed by atoms with E-state index >= 15 is 0 Å². The maximum Gasteiger partial charge on any atom is 0.0406 e. The number of hydrogen-bond acceptors (Lipinski definition) is 0. The molecule has 0 nitrogen and oxygen atoms in total. The van der Waals surface area contributed by atoms with Crippen molar-refractivity contribution < 1.29 is 0 Å². The molecule has 0 aliphatic heterocycles. The van der Waals surface area contributed by atoms with Gasteiger partial charge in [0.1, 0.15) is 0 Å². The topological polar surface area (TPSA) is 0 Å². The van der Waals surface area contributed by atoms with E-state index in [1.165, 1.54) is 22.3 Å². The Bertz CT molecular complexity index is 1030. The predicted octanol–water partition coefficient (Wildman–Crippen LogP) is 9.37. The van der Waals surface area contributed by atoms with Gasteiger partial charge in [0.2, 0.25) is 0 Å². The number of benzene rings is 4. The molecule has 0 heterocycles. The average molecular weight is 498 g/mol. The predicted molar refractivity (Wildman–Crippen MR) is 137 cm³/mol. The van der Waals surface area contributed by atoms with E-state index in [1.807, 2.05) is 48.5 Å². The van der Waals surface area contributed by atoms with Crippen LogP contribution in [0.3, 0.4) is 0 Å². The molecule has 0 saturated heterocycles. The molecule has 5 rings (SSSR count). The second-order valence-corrected chi connectivity index (χ2v) is 10.1. The zero-order valence-corrected chi connectivity index (χ0v) is 20.2. The first-order chi connectivity index (χ1) is 15.5. The molecule has 4 heteroatoms. The van der Waals surface area contributed by atoms with Gasteiger partial charge in [0.05, 0.1) is 0 Å². The van der Waals surface area contributed by atoms with E-state index in [4.69, 9.17) is 46.4 Å². The van der Waals surface area contributed by atoms with Crippen molar-refractivity contribution in [2.75, 3.05) is 0 Å². The largest absolute Gasteiger partial charge is 0.0843 e. The highest BCUT2D eigenvalue weighted by molar-refractivity contribution is 6.31. The first-order valence-electron chi connectivity index (χ1n) is 10.5. The molecule has 1 fully saturated rings. The summed E-state index contributed by atoms with van der Waals surface area (Å²) in [6.45, 7) is 0. The summed E-state index contributed by atoms with van der Waals surface area (Å²) < 4.78 is 0. The van der Waals surface area contributed by atoms with Crippen molar-refractivity contribution in [3.05, 3.63) is 139 Å². The molecular weight excluding hydrogens is 478 g/mol. The van der Waals surface area contributed by atoms with Crippen LogP contribution in [0.4, 0.5) is 0 Å². The van der Waals surface area contributed by atoms with Crippen molar-refractivity contribution >= 4 is 46.4 Å². The lowest BCUT2D eigenvalue weighted by Crippen LogP contribution is -2.59.